The van der Waals surface area contributed by atoms with Gasteiger partial charge in [-0.15, -0.1) is 0 Å². The van der Waals surface area contributed by atoms with E-state index in [1.54, 1.807) is 0 Å². The maximum absolute atomic E-state index is 12.8. The summed E-state index contributed by atoms with van der Waals surface area (Å²) in [6, 6.07) is 6.77. The average Bonchev–Trinajstić information content (AvgIpc) is 2.84. The van der Waals surface area contributed by atoms with Crippen molar-refractivity contribution in [2.75, 3.05) is 39.4 Å². The van der Waals surface area contributed by atoms with Crippen LogP contribution in [0.2, 0.25) is 0 Å². The molecule has 2 fully saturated rings. The van der Waals surface area contributed by atoms with Crippen LogP contribution >= 0.6 is 0 Å². The van der Waals surface area contributed by atoms with Crippen molar-refractivity contribution in [3.05, 3.63) is 35.0 Å². The molecule has 1 aromatic heterocycles. The molecular formula is C18H23N3O2. The molecule has 0 radical (unpaired) electrons. The fraction of sp³-hybridized carbons (Fsp3) is 0.500. The van der Waals surface area contributed by atoms with Crippen LogP contribution in [0.4, 0.5) is 0 Å². The normalized spacial score (nSPS) is 20.0. The Kier molecular flexibility index (Phi) is 3.62. The molecule has 1 aromatic carbocycles. The number of H-pyrrole nitrogens is 1. The van der Waals surface area contributed by atoms with Gasteiger partial charge in [-0.25, -0.2) is 0 Å². The van der Waals surface area contributed by atoms with Crippen molar-refractivity contribution in [1.29, 1.82) is 0 Å². The van der Waals surface area contributed by atoms with Crippen molar-refractivity contribution in [3.8, 4) is 0 Å². The topological polar surface area (TPSA) is 48.6 Å². The number of morpholine rings is 1. The molecule has 0 aliphatic carbocycles. The van der Waals surface area contributed by atoms with Gasteiger partial charge in [-0.3, -0.25) is 9.69 Å². The van der Waals surface area contributed by atoms with Crippen LogP contribution < -0.4 is 0 Å². The van der Waals surface area contributed by atoms with Gasteiger partial charge in [0.25, 0.3) is 5.91 Å². The highest BCUT2D eigenvalue weighted by Crippen LogP contribution is 2.26. The zero-order valence-electron chi connectivity index (χ0n) is 13.8. The zero-order valence-corrected chi connectivity index (χ0v) is 13.8. The molecule has 23 heavy (non-hydrogen) atoms. The third-order valence-electron chi connectivity index (χ3n) is 5.14. The fourth-order valence-corrected chi connectivity index (χ4v) is 3.61. The Morgan fingerprint density at radius 2 is 1.96 bits per heavy atom. The number of aromatic amines is 1. The Labute approximate surface area is 136 Å². The van der Waals surface area contributed by atoms with Gasteiger partial charge in [0, 0.05) is 43.1 Å². The van der Waals surface area contributed by atoms with E-state index in [2.05, 4.69) is 35.0 Å². The van der Waals surface area contributed by atoms with Crippen molar-refractivity contribution in [2.45, 2.75) is 19.9 Å². The smallest absolute Gasteiger partial charge is 0.270 e. The number of nitrogens with zero attached hydrogens (tertiary/aromatic N) is 2. The summed E-state index contributed by atoms with van der Waals surface area (Å²) in [6.07, 6.45) is 0. The van der Waals surface area contributed by atoms with E-state index in [9.17, 15) is 4.79 Å². The van der Waals surface area contributed by atoms with Crippen LogP contribution in [0.15, 0.2) is 18.2 Å². The molecule has 3 heterocycles. The lowest BCUT2D eigenvalue weighted by molar-refractivity contribution is -0.0257. The highest BCUT2D eigenvalue weighted by molar-refractivity contribution is 6.01. The first-order valence-corrected chi connectivity index (χ1v) is 8.33. The van der Waals surface area contributed by atoms with Gasteiger partial charge in [-0.1, -0.05) is 11.6 Å². The Balaban J connectivity index is 1.49. The summed E-state index contributed by atoms with van der Waals surface area (Å²) < 4.78 is 5.39. The van der Waals surface area contributed by atoms with Crippen molar-refractivity contribution >= 4 is 16.8 Å². The number of carbonyl (C=O) groups excluding carboxylic acids is 1. The lowest BCUT2D eigenvalue weighted by Gasteiger charge is -2.46. The molecule has 5 nitrogen and oxygen atoms in total. The number of hydrogen-bond donors (Lipinski definition) is 1. The number of rotatable bonds is 2. The number of nitrogens with one attached hydrogen (secondary N) is 1. The summed E-state index contributed by atoms with van der Waals surface area (Å²) in [5.74, 6) is 0.126. The van der Waals surface area contributed by atoms with Crippen LogP contribution in [0.3, 0.4) is 0 Å². The van der Waals surface area contributed by atoms with E-state index in [0.717, 1.165) is 61.6 Å². The number of carbonyl (C=O) groups is 1. The first kappa shape index (κ1) is 14.7. The van der Waals surface area contributed by atoms with Gasteiger partial charge in [0.1, 0.15) is 5.69 Å². The van der Waals surface area contributed by atoms with E-state index in [-0.39, 0.29) is 5.91 Å². The van der Waals surface area contributed by atoms with E-state index in [1.807, 2.05) is 11.8 Å². The van der Waals surface area contributed by atoms with E-state index in [4.69, 9.17) is 4.74 Å². The van der Waals surface area contributed by atoms with Crippen LogP contribution in [0.5, 0.6) is 0 Å². The Hall–Kier alpha value is -1.85. The molecule has 2 aromatic rings. The molecule has 2 aliphatic heterocycles. The number of ether oxygens (including phenoxy) is 1. The maximum Gasteiger partial charge on any atom is 0.270 e. The first-order valence-electron chi connectivity index (χ1n) is 8.33. The van der Waals surface area contributed by atoms with Gasteiger partial charge in [0.05, 0.1) is 13.2 Å². The highest BCUT2D eigenvalue weighted by Gasteiger charge is 2.36. The Morgan fingerprint density at radius 3 is 2.70 bits per heavy atom. The number of aryl methyl sites for hydroxylation is 2. The van der Waals surface area contributed by atoms with Gasteiger partial charge in [-0.2, -0.15) is 0 Å². The molecule has 1 N–H and O–H groups in total. The summed E-state index contributed by atoms with van der Waals surface area (Å²) in [5, 5.41) is 1.15. The maximum atomic E-state index is 12.8. The number of likely N-dealkylation sites (tertiary alicyclic amines) is 1. The molecule has 0 bridgehead atoms. The van der Waals surface area contributed by atoms with Gasteiger partial charge in [0.2, 0.25) is 0 Å². The minimum atomic E-state index is 0.126. The number of aromatic nitrogens is 1. The van der Waals surface area contributed by atoms with Crippen LogP contribution in [0, 0.1) is 13.8 Å². The van der Waals surface area contributed by atoms with E-state index < -0.39 is 0 Å². The van der Waals surface area contributed by atoms with Gasteiger partial charge in [-0.05, 0) is 31.5 Å². The molecule has 0 saturated carbocycles. The third-order valence-corrected chi connectivity index (χ3v) is 5.14. The van der Waals surface area contributed by atoms with Crippen molar-refractivity contribution in [2.24, 2.45) is 0 Å². The molecule has 0 spiro atoms. The summed E-state index contributed by atoms with van der Waals surface area (Å²) >= 11 is 0. The standard InChI is InChI=1S/C18H23N3O2/c1-12-3-4-16-15(9-12)13(2)17(19-16)18(22)21-10-14(11-21)20-5-7-23-8-6-20/h3-4,9,14,19H,5-8,10-11H2,1-2H3. The summed E-state index contributed by atoms with van der Waals surface area (Å²) in [6.45, 7) is 9.35. The van der Waals surface area contributed by atoms with Crippen LogP contribution in [-0.2, 0) is 4.74 Å². The van der Waals surface area contributed by atoms with Crippen LogP contribution in [-0.4, -0.2) is 66.1 Å². The van der Waals surface area contributed by atoms with E-state index >= 15 is 0 Å². The fourth-order valence-electron chi connectivity index (χ4n) is 3.61. The molecule has 5 heteroatoms. The lowest BCUT2D eigenvalue weighted by Crippen LogP contribution is -2.62. The first-order chi connectivity index (χ1) is 11.1. The van der Waals surface area contributed by atoms with E-state index in [0.29, 0.717) is 6.04 Å². The quantitative estimate of drug-likeness (QED) is 0.922. The molecular weight excluding hydrogens is 290 g/mol. The van der Waals surface area contributed by atoms with Gasteiger partial charge >= 0.3 is 0 Å². The molecule has 0 atom stereocenters. The summed E-state index contributed by atoms with van der Waals surface area (Å²) in [4.78, 5) is 20.5. The molecule has 2 aliphatic rings. The second-order valence-corrected chi connectivity index (χ2v) is 6.69. The minimum Gasteiger partial charge on any atom is -0.379 e. The monoisotopic (exact) mass is 313 g/mol. The Morgan fingerprint density at radius 1 is 1.22 bits per heavy atom. The number of benzene rings is 1. The van der Waals surface area contributed by atoms with Gasteiger partial charge < -0.3 is 14.6 Å². The van der Waals surface area contributed by atoms with E-state index in [1.165, 1.54) is 5.56 Å². The van der Waals surface area contributed by atoms with Crippen molar-refractivity contribution < 1.29 is 9.53 Å². The number of amides is 1. The average molecular weight is 313 g/mol. The molecule has 122 valence electrons. The predicted octanol–water partition coefficient (Wildman–Crippen LogP) is 1.94. The Bertz CT molecular complexity index is 740. The minimum absolute atomic E-state index is 0.126. The molecule has 1 amide bonds. The molecule has 4 rings (SSSR count). The van der Waals surface area contributed by atoms with Gasteiger partial charge in [0.15, 0.2) is 0 Å². The SMILES string of the molecule is Cc1ccc2[nH]c(C(=O)N3CC(N4CCOCC4)C3)c(C)c2c1. The molecule has 0 unspecified atom stereocenters. The third kappa shape index (κ3) is 2.54. The second kappa shape index (κ2) is 5.65. The zero-order chi connectivity index (χ0) is 16.0. The number of hydrogen-bond acceptors (Lipinski definition) is 3. The summed E-state index contributed by atoms with van der Waals surface area (Å²) in [5.41, 5.74) is 4.06. The highest BCUT2D eigenvalue weighted by atomic mass is 16.5. The second-order valence-electron chi connectivity index (χ2n) is 6.69. The van der Waals surface area contributed by atoms with Crippen LogP contribution in [0.25, 0.3) is 10.9 Å². The number of fused-ring (bicyclic) bond motifs is 1. The largest absolute Gasteiger partial charge is 0.379 e. The predicted molar refractivity (Wildman–Crippen MR) is 89.9 cm³/mol. The van der Waals surface area contributed by atoms with Crippen LogP contribution in [0.1, 0.15) is 21.6 Å². The summed E-state index contributed by atoms with van der Waals surface area (Å²) in [7, 11) is 0. The van der Waals surface area contributed by atoms with Crippen molar-refractivity contribution in [3.63, 3.8) is 0 Å². The lowest BCUT2D eigenvalue weighted by atomic mass is 10.0. The van der Waals surface area contributed by atoms with Crippen molar-refractivity contribution in [1.82, 2.24) is 14.8 Å². The molecule has 2 saturated heterocycles.